The van der Waals surface area contributed by atoms with Crippen molar-refractivity contribution in [2.24, 2.45) is 5.92 Å². The van der Waals surface area contributed by atoms with Gasteiger partial charge in [-0.15, -0.1) is 0 Å². The molecule has 0 saturated heterocycles. The van der Waals surface area contributed by atoms with Gasteiger partial charge in [0.2, 0.25) is 5.91 Å². The number of halogens is 1. The molecule has 1 amide bonds. The first-order valence-corrected chi connectivity index (χ1v) is 13.2. The maximum atomic E-state index is 13.6. The van der Waals surface area contributed by atoms with Crippen LogP contribution in [0.1, 0.15) is 54.4 Å². The van der Waals surface area contributed by atoms with Crippen LogP contribution in [-0.4, -0.2) is 50.1 Å². The number of nitrogens with zero attached hydrogens (tertiary/aromatic N) is 1. The van der Waals surface area contributed by atoms with Crippen LogP contribution in [0, 0.1) is 5.92 Å². The smallest absolute Gasteiger partial charge is 0.230 e. The zero-order valence-corrected chi connectivity index (χ0v) is 20.5. The highest BCUT2D eigenvalue weighted by Crippen LogP contribution is 2.35. The minimum Gasteiger partial charge on any atom is -0.335 e. The second-order valence-electron chi connectivity index (χ2n) is 8.66. The molecule has 2 aromatic rings. The van der Waals surface area contributed by atoms with Gasteiger partial charge in [-0.1, -0.05) is 48.0 Å². The van der Waals surface area contributed by atoms with Crippen molar-refractivity contribution in [2.45, 2.75) is 49.5 Å². The van der Waals surface area contributed by atoms with Crippen LogP contribution in [0.4, 0.5) is 0 Å². The number of amides is 1. The van der Waals surface area contributed by atoms with Gasteiger partial charge in [-0.25, -0.2) is 8.42 Å². The maximum Gasteiger partial charge on any atom is 0.230 e. The number of hydrogen-bond donors (Lipinski definition) is 0. The molecule has 8 heteroatoms. The Balaban J connectivity index is 1.93. The van der Waals surface area contributed by atoms with Gasteiger partial charge in [0, 0.05) is 31.2 Å². The molecule has 0 spiro atoms. The van der Waals surface area contributed by atoms with Crippen molar-refractivity contribution in [1.82, 2.24) is 4.90 Å². The van der Waals surface area contributed by atoms with Crippen LogP contribution in [0.3, 0.4) is 0 Å². The van der Waals surface area contributed by atoms with Crippen LogP contribution in [0.2, 0.25) is 5.02 Å². The average molecular weight is 490 g/mol. The molecule has 0 radical (unpaired) electrons. The van der Waals surface area contributed by atoms with Crippen LogP contribution < -0.4 is 0 Å². The van der Waals surface area contributed by atoms with Crippen molar-refractivity contribution in [3.05, 3.63) is 64.7 Å². The molecular weight excluding hydrogens is 462 g/mol. The minimum atomic E-state index is -3.53. The molecule has 0 heterocycles. The van der Waals surface area contributed by atoms with E-state index in [0.717, 1.165) is 12.7 Å². The first-order valence-electron chi connectivity index (χ1n) is 10.9. The Morgan fingerprint density at radius 1 is 1.15 bits per heavy atom. The van der Waals surface area contributed by atoms with Gasteiger partial charge in [0.15, 0.2) is 15.6 Å². The molecule has 1 unspecified atom stereocenters. The minimum absolute atomic E-state index is 0.0166. The Labute approximate surface area is 199 Å². The molecule has 0 aromatic heterocycles. The summed E-state index contributed by atoms with van der Waals surface area (Å²) in [5, 5.41) is 0.0293. The first-order chi connectivity index (χ1) is 15.5. The summed E-state index contributed by atoms with van der Waals surface area (Å²) >= 11 is 6.26. The van der Waals surface area contributed by atoms with Gasteiger partial charge in [0.1, 0.15) is 5.78 Å². The predicted molar refractivity (Wildman–Crippen MR) is 127 cm³/mol. The van der Waals surface area contributed by atoms with Crippen LogP contribution in [0.15, 0.2) is 53.4 Å². The van der Waals surface area contributed by atoms with Crippen LogP contribution in [0.25, 0.3) is 0 Å². The Bertz CT molecular complexity index is 1160. The van der Waals surface area contributed by atoms with Gasteiger partial charge >= 0.3 is 0 Å². The number of carbonyl (C=O) groups excluding carboxylic acids is 3. The van der Waals surface area contributed by atoms with E-state index in [-0.39, 0.29) is 33.3 Å². The molecule has 3 atom stereocenters. The third-order valence-corrected chi connectivity index (χ3v) is 7.95. The summed E-state index contributed by atoms with van der Waals surface area (Å²) in [6.45, 7) is 1.67. The Hall–Kier alpha value is -2.51. The molecule has 1 saturated carbocycles. The van der Waals surface area contributed by atoms with E-state index in [2.05, 4.69) is 0 Å². The molecule has 33 heavy (non-hydrogen) atoms. The number of Topliss-reactive ketones (excluding diaryl/α,β-unsaturated/α-hetero) is 2. The summed E-state index contributed by atoms with van der Waals surface area (Å²) in [7, 11) is -1.95. The fraction of sp³-hybridized carbons (Fsp3) is 0.400. The maximum absolute atomic E-state index is 13.6. The molecule has 1 fully saturated rings. The molecule has 2 aromatic carbocycles. The molecule has 176 valence electrons. The van der Waals surface area contributed by atoms with Crippen molar-refractivity contribution in [2.75, 3.05) is 13.3 Å². The molecule has 1 aliphatic carbocycles. The first kappa shape index (κ1) is 25.1. The molecular formula is C25H28ClNO5S. The fourth-order valence-corrected chi connectivity index (χ4v) is 5.63. The largest absolute Gasteiger partial charge is 0.335 e. The van der Waals surface area contributed by atoms with E-state index in [1.54, 1.807) is 44.3 Å². The SMILES string of the molecule is CC(C(=O)c1ccccc1)N(C)C(=O)[C@H](C[C@H]1CCCC1=O)c1ccc(S(C)(=O)=O)c(Cl)c1. The summed E-state index contributed by atoms with van der Waals surface area (Å²) in [5.41, 5.74) is 1.04. The zero-order valence-electron chi connectivity index (χ0n) is 19.0. The number of ketones is 2. The van der Waals surface area contributed by atoms with E-state index in [9.17, 15) is 22.8 Å². The highest BCUT2D eigenvalue weighted by molar-refractivity contribution is 7.90. The average Bonchev–Trinajstić information content (AvgIpc) is 3.19. The predicted octanol–water partition coefficient (Wildman–Crippen LogP) is 4.32. The molecule has 3 rings (SSSR count). The van der Waals surface area contributed by atoms with Gasteiger partial charge in [0.25, 0.3) is 0 Å². The lowest BCUT2D eigenvalue weighted by Gasteiger charge is -2.30. The summed E-state index contributed by atoms with van der Waals surface area (Å²) < 4.78 is 23.9. The second-order valence-corrected chi connectivity index (χ2v) is 11.1. The Kier molecular flexibility index (Phi) is 7.75. The van der Waals surface area contributed by atoms with Crippen molar-refractivity contribution < 1.29 is 22.8 Å². The standard InChI is InChI=1S/C25H28ClNO5S/c1-16(24(29)17-8-5-4-6-9-17)27(2)25(30)20(14-19-10-7-11-22(19)28)18-12-13-23(21(26)15-18)33(3,31)32/h4-6,8-9,12-13,15-16,19-20H,7,10-11,14H2,1-3H3/t16?,19-,20-/m1/s1. The third-order valence-electron chi connectivity index (χ3n) is 6.37. The Morgan fingerprint density at radius 2 is 1.82 bits per heavy atom. The van der Waals surface area contributed by atoms with Crippen molar-refractivity contribution in [3.8, 4) is 0 Å². The summed E-state index contributed by atoms with van der Waals surface area (Å²) in [6.07, 6.45) is 3.36. The van der Waals surface area contributed by atoms with Gasteiger partial charge in [-0.3, -0.25) is 14.4 Å². The monoisotopic (exact) mass is 489 g/mol. The van der Waals surface area contributed by atoms with E-state index in [4.69, 9.17) is 11.6 Å². The van der Waals surface area contributed by atoms with Gasteiger partial charge < -0.3 is 4.90 Å². The van der Waals surface area contributed by atoms with Crippen molar-refractivity contribution >= 4 is 38.9 Å². The second kappa shape index (κ2) is 10.2. The van der Waals surface area contributed by atoms with Crippen molar-refractivity contribution in [1.29, 1.82) is 0 Å². The highest BCUT2D eigenvalue weighted by Gasteiger charge is 2.35. The highest BCUT2D eigenvalue weighted by atomic mass is 35.5. The van der Waals surface area contributed by atoms with Gasteiger partial charge in [0.05, 0.1) is 21.9 Å². The normalized spacial score (nSPS) is 18.1. The third kappa shape index (κ3) is 5.71. The molecule has 0 N–H and O–H groups in total. The number of hydrogen-bond acceptors (Lipinski definition) is 5. The van der Waals surface area contributed by atoms with E-state index < -0.39 is 21.8 Å². The lowest BCUT2D eigenvalue weighted by molar-refractivity contribution is -0.133. The van der Waals surface area contributed by atoms with E-state index in [1.165, 1.54) is 17.0 Å². The van der Waals surface area contributed by atoms with Crippen molar-refractivity contribution in [3.63, 3.8) is 0 Å². The fourth-order valence-electron chi connectivity index (χ4n) is 4.29. The number of carbonyl (C=O) groups is 3. The number of rotatable bonds is 8. The van der Waals surface area contributed by atoms with Crippen LogP contribution in [-0.2, 0) is 19.4 Å². The van der Waals surface area contributed by atoms with E-state index in [0.29, 0.717) is 30.4 Å². The molecule has 0 bridgehead atoms. The number of benzene rings is 2. The van der Waals surface area contributed by atoms with Gasteiger partial charge in [-0.05, 0) is 43.9 Å². The van der Waals surface area contributed by atoms with Gasteiger partial charge in [-0.2, -0.15) is 0 Å². The quantitative estimate of drug-likeness (QED) is 0.515. The lowest BCUT2D eigenvalue weighted by Crippen LogP contribution is -2.43. The summed E-state index contributed by atoms with van der Waals surface area (Å²) in [5.74, 6) is -1.34. The van der Waals surface area contributed by atoms with Crippen LogP contribution in [0.5, 0.6) is 0 Å². The van der Waals surface area contributed by atoms with Crippen LogP contribution >= 0.6 is 11.6 Å². The molecule has 6 nitrogen and oxygen atoms in total. The Morgan fingerprint density at radius 3 is 2.36 bits per heavy atom. The molecule has 0 aliphatic heterocycles. The number of likely N-dealkylation sites (N-methyl/N-ethyl adjacent to an activating group) is 1. The van der Waals surface area contributed by atoms with E-state index in [1.807, 2.05) is 6.07 Å². The topological polar surface area (TPSA) is 88.6 Å². The lowest BCUT2D eigenvalue weighted by atomic mass is 9.86. The molecule has 1 aliphatic rings. The number of sulfone groups is 1. The zero-order chi connectivity index (χ0) is 24.3. The summed E-state index contributed by atoms with van der Waals surface area (Å²) in [4.78, 5) is 40.2. The summed E-state index contributed by atoms with van der Waals surface area (Å²) in [6, 6.07) is 12.5. The van der Waals surface area contributed by atoms with E-state index >= 15 is 0 Å².